The Morgan fingerprint density at radius 2 is 1.69 bits per heavy atom. The lowest BCUT2D eigenvalue weighted by atomic mass is 9.98. The second kappa shape index (κ2) is 4.27. The van der Waals surface area contributed by atoms with E-state index in [1.165, 1.54) is 0 Å². The molecular formula is C14H14O2. The molecule has 0 bridgehead atoms. The van der Waals surface area contributed by atoms with E-state index in [4.69, 9.17) is 0 Å². The first kappa shape index (κ1) is 10.6. The highest BCUT2D eigenvalue weighted by molar-refractivity contribution is 5.70. The van der Waals surface area contributed by atoms with Crippen LogP contribution in [0, 0.1) is 0 Å². The molecule has 0 spiro atoms. The number of aromatic hydroxyl groups is 2. The Kier molecular flexibility index (Phi) is 2.82. The summed E-state index contributed by atoms with van der Waals surface area (Å²) in [6.45, 7) is 2.07. The maximum atomic E-state index is 9.50. The van der Waals surface area contributed by atoms with Gasteiger partial charge in [-0.2, -0.15) is 0 Å². The first-order valence-electron chi connectivity index (χ1n) is 5.32. The van der Waals surface area contributed by atoms with Crippen molar-refractivity contribution >= 4 is 0 Å². The van der Waals surface area contributed by atoms with Gasteiger partial charge in [0.2, 0.25) is 0 Å². The van der Waals surface area contributed by atoms with Gasteiger partial charge in [0, 0.05) is 0 Å². The molecule has 0 amide bonds. The van der Waals surface area contributed by atoms with Gasteiger partial charge in [-0.25, -0.2) is 0 Å². The van der Waals surface area contributed by atoms with E-state index in [0.717, 1.165) is 23.1 Å². The van der Waals surface area contributed by atoms with Crippen LogP contribution in [0.3, 0.4) is 0 Å². The predicted molar refractivity (Wildman–Crippen MR) is 64.6 cm³/mol. The van der Waals surface area contributed by atoms with Crippen molar-refractivity contribution in [2.45, 2.75) is 13.3 Å². The summed E-state index contributed by atoms with van der Waals surface area (Å²) in [5.74, 6) is 0.485. The van der Waals surface area contributed by atoms with Gasteiger partial charge in [0.15, 0.2) is 0 Å². The smallest absolute Gasteiger partial charge is 0.116 e. The molecule has 0 fully saturated rings. The quantitative estimate of drug-likeness (QED) is 0.805. The average Bonchev–Trinajstić information content (AvgIpc) is 2.29. The first-order chi connectivity index (χ1) is 7.70. The third-order valence-corrected chi connectivity index (χ3v) is 2.63. The van der Waals surface area contributed by atoms with E-state index in [1.54, 1.807) is 30.3 Å². The standard InChI is InChI=1S/C14H14O2/c1-2-10-6-7-13(16)9-14(10)11-4-3-5-12(15)8-11/h3-9,15-16H,2H2,1H3. The molecule has 0 aliphatic heterocycles. The van der Waals surface area contributed by atoms with Crippen LogP contribution in [-0.2, 0) is 6.42 Å². The Morgan fingerprint density at radius 3 is 2.38 bits per heavy atom. The zero-order valence-electron chi connectivity index (χ0n) is 9.14. The average molecular weight is 214 g/mol. The van der Waals surface area contributed by atoms with Crippen LogP contribution >= 0.6 is 0 Å². The van der Waals surface area contributed by atoms with Crippen molar-refractivity contribution in [3.63, 3.8) is 0 Å². The van der Waals surface area contributed by atoms with Crippen LogP contribution in [0.2, 0.25) is 0 Å². The Bertz CT molecular complexity index is 504. The Balaban J connectivity index is 2.58. The van der Waals surface area contributed by atoms with E-state index >= 15 is 0 Å². The maximum Gasteiger partial charge on any atom is 0.116 e. The normalized spacial score (nSPS) is 10.3. The van der Waals surface area contributed by atoms with Gasteiger partial charge in [0.1, 0.15) is 11.5 Å². The van der Waals surface area contributed by atoms with E-state index < -0.39 is 0 Å². The molecule has 0 saturated carbocycles. The van der Waals surface area contributed by atoms with Crippen molar-refractivity contribution in [3.05, 3.63) is 48.0 Å². The van der Waals surface area contributed by atoms with Gasteiger partial charge in [-0.05, 0) is 47.4 Å². The summed E-state index contributed by atoms with van der Waals surface area (Å²) in [5, 5.41) is 18.9. The molecule has 2 N–H and O–H groups in total. The minimum Gasteiger partial charge on any atom is -0.508 e. The summed E-state index contributed by atoms with van der Waals surface area (Å²) >= 11 is 0. The molecule has 16 heavy (non-hydrogen) atoms. The fraction of sp³-hybridized carbons (Fsp3) is 0.143. The largest absolute Gasteiger partial charge is 0.508 e. The topological polar surface area (TPSA) is 40.5 Å². The fourth-order valence-corrected chi connectivity index (χ4v) is 1.81. The van der Waals surface area contributed by atoms with E-state index in [2.05, 4.69) is 6.92 Å². The van der Waals surface area contributed by atoms with E-state index in [9.17, 15) is 10.2 Å². The first-order valence-corrected chi connectivity index (χ1v) is 5.32. The van der Waals surface area contributed by atoms with Gasteiger partial charge in [0.05, 0.1) is 0 Å². The van der Waals surface area contributed by atoms with Crippen molar-refractivity contribution < 1.29 is 10.2 Å². The molecule has 0 unspecified atom stereocenters. The molecule has 2 aromatic carbocycles. The molecular weight excluding hydrogens is 200 g/mol. The third kappa shape index (κ3) is 2.01. The van der Waals surface area contributed by atoms with Crippen molar-refractivity contribution in [2.24, 2.45) is 0 Å². The molecule has 2 aromatic rings. The molecule has 0 saturated heterocycles. The zero-order valence-corrected chi connectivity index (χ0v) is 9.14. The summed E-state index contributed by atoms with van der Waals surface area (Å²) < 4.78 is 0. The lowest BCUT2D eigenvalue weighted by molar-refractivity contribution is 0.474. The van der Waals surface area contributed by atoms with Gasteiger partial charge in [0.25, 0.3) is 0 Å². The Hall–Kier alpha value is -1.96. The number of phenols is 2. The highest BCUT2D eigenvalue weighted by Crippen LogP contribution is 2.29. The molecule has 2 heteroatoms. The van der Waals surface area contributed by atoms with Gasteiger partial charge < -0.3 is 10.2 Å². The highest BCUT2D eigenvalue weighted by atomic mass is 16.3. The predicted octanol–water partition coefficient (Wildman–Crippen LogP) is 3.33. The monoisotopic (exact) mass is 214 g/mol. The molecule has 0 radical (unpaired) electrons. The summed E-state index contributed by atoms with van der Waals surface area (Å²) in [4.78, 5) is 0. The second-order valence-electron chi connectivity index (χ2n) is 3.75. The number of hydrogen-bond donors (Lipinski definition) is 2. The van der Waals surface area contributed by atoms with E-state index in [-0.39, 0.29) is 11.5 Å². The van der Waals surface area contributed by atoms with Crippen LogP contribution in [0.4, 0.5) is 0 Å². The summed E-state index contributed by atoms with van der Waals surface area (Å²) in [6.07, 6.45) is 0.894. The van der Waals surface area contributed by atoms with Gasteiger partial charge in [-0.15, -0.1) is 0 Å². The van der Waals surface area contributed by atoms with Crippen molar-refractivity contribution in [2.75, 3.05) is 0 Å². The minimum atomic E-state index is 0.239. The molecule has 2 nitrogen and oxygen atoms in total. The van der Waals surface area contributed by atoms with Crippen molar-refractivity contribution in [3.8, 4) is 22.6 Å². The van der Waals surface area contributed by atoms with Crippen LogP contribution in [0.5, 0.6) is 11.5 Å². The zero-order chi connectivity index (χ0) is 11.5. The maximum absolute atomic E-state index is 9.50. The van der Waals surface area contributed by atoms with E-state index in [1.807, 2.05) is 12.1 Å². The summed E-state index contributed by atoms with van der Waals surface area (Å²) in [5.41, 5.74) is 3.05. The number of phenolic OH excluding ortho intramolecular Hbond substituents is 2. The van der Waals surface area contributed by atoms with Crippen LogP contribution in [0.15, 0.2) is 42.5 Å². The molecule has 82 valence electrons. The van der Waals surface area contributed by atoms with Crippen LogP contribution < -0.4 is 0 Å². The lowest BCUT2D eigenvalue weighted by Crippen LogP contribution is -1.87. The fourth-order valence-electron chi connectivity index (χ4n) is 1.81. The second-order valence-corrected chi connectivity index (χ2v) is 3.75. The van der Waals surface area contributed by atoms with Crippen LogP contribution in [-0.4, -0.2) is 10.2 Å². The SMILES string of the molecule is CCc1ccc(O)cc1-c1cccc(O)c1. The van der Waals surface area contributed by atoms with Gasteiger partial charge in [-0.3, -0.25) is 0 Å². The van der Waals surface area contributed by atoms with E-state index in [0.29, 0.717) is 0 Å². The molecule has 0 aromatic heterocycles. The third-order valence-electron chi connectivity index (χ3n) is 2.63. The summed E-state index contributed by atoms with van der Waals surface area (Å²) in [7, 11) is 0. The number of aryl methyl sites for hydroxylation is 1. The summed E-state index contributed by atoms with van der Waals surface area (Å²) in [6, 6.07) is 12.4. The molecule has 0 atom stereocenters. The van der Waals surface area contributed by atoms with Crippen LogP contribution in [0.1, 0.15) is 12.5 Å². The van der Waals surface area contributed by atoms with Crippen molar-refractivity contribution in [1.82, 2.24) is 0 Å². The number of rotatable bonds is 2. The van der Waals surface area contributed by atoms with Crippen molar-refractivity contribution in [1.29, 1.82) is 0 Å². The molecule has 2 rings (SSSR count). The molecule has 0 aliphatic carbocycles. The lowest BCUT2D eigenvalue weighted by Gasteiger charge is -2.09. The number of hydrogen-bond acceptors (Lipinski definition) is 2. The van der Waals surface area contributed by atoms with Crippen LogP contribution in [0.25, 0.3) is 11.1 Å². The Morgan fingerprint density at radius 1 is 0.938 bits per heavy atom. The van der Waals surface area contributed by atoms with Gasteiger partial charge in [-0.1, -0.05) is 25.1 Å². The highest BCUT2D eigenvalue weighted by Gasteiger charge is 2.05. The molecule has 0 heterocycles. The Labute approximate surface area is 94.8 Å². The number of benzene rings is 2. The molecule has 0 aliphatic rings. The minimum absolute atomic E-state index is 0.239. The van der Waals surface area contributed by atoms with Gasteiger partial charge >= 0.3 is 0 Å².